The number of hydrogen-bond donors (Lipinski definition) is 2. The van der Waals surface area contributed by atoms with Crippen molar-refractivity contribution in [2.75, 3.05) is 18.4 Å². The highest BCUT2D eigenvalue weighted by Gasteiger charge is 2.15. The fourth-order valence-electron chi connectivity index (χ4n) is 1.63. The van der Waals surface area contributed by atoms with Gasteiger partial charge in [-0.1, -0.05) is 0 Å². The molecular formula is C15H22N4O2. The van der Waals surface area contributed by atoms with Crippen LogP contribution in [0.2, 0.25) is 0 Å². The predicted molar refractivity (Wildman–Crippen MR) is 81.0 cm³/mol. The van der Waals surface area contributed by atoms with Gasteiger partial charge >= 0.3 is 6.09 Å². The van der Waals surface area contributed by atoms with Crippen molar-refractivity contribution >= 4 is 11.9 Å². The van der Waals surface area contributed by atoms with Gasteiger partial charge in [-0.25, -0.2) is 9.78 Å². The van der Waals surface area contributed by atoms with E-state index in [0.29, 0.717) is 30.9 Å². The average molecular weight is 290 g/mol. The van der Waals surface area contributed by atoms with Gasteiger partial charge < -0.3 is 15.4 Å². The van der Waals surface area contributed by atoms with Gasteiger partial charge in [0, 0.05) is 19.3 Å². The number of amides is 1. The van der Waals surface area contributed by atoms with E-state index in [2.05, 4.69) is 21.7 Å². The van der Waals surface area contributed by atoms with Crippen LogP contribution in [0.5, 0.6) is 0 Å². The van der Waals surface area contributed by atoms with Crippen molar-refractivity contribution in [2.24, 2.45) is 0 Å². The van der Waals surface area contributed by atoms with Crippen LogP contribution >= 0.6 is 0 Å². The maximum Gasteiger partial charge on any atom is 0.407 e. The first-order valence-corrected chi connectivity index (χ1v) is 6.90. The number of anilines is 1. The number of carbonyl (C=O) groups excluding carboxylic acids is 1. The lowest BCUT2D eigenvalue weighted by Gasteiger charge is -2.19. The van der Waals surface area contributed by atoms with Gasteiger partial charge in [-0.05, 0) is 45.7 Å². The Hall–Kier alpha value is -2.29. The monoisotopic (exact) mass is 290 g/mol. The van der Waals surface area contributed by atoms with E-state index in [1.54, 1.807) is 12.3 Å². The van der Waals surface area contributed by atoms with Crippen molar-refractivity contribution in [3.8, 4) is 6.07 Å². The molecule has 0 atom stereocenters. The summed E-state index contributed by atoms with van der Waals surface area (Å²) in [5.74, 6) is 0.578. The molecule has 0 aliphatic heterocycles. The molecule has 1 heterocycles. The van der Waals surface area contributed by atoms with Gasteiger partial charge in [0.05, 0.1) is 5.56 Å². The molecule has 6 heteroatoms. The summed E-state index contributed by atoms with van der Waals surface area (Å²) in [6.07, 6.45) is 1.95. The van der Waals surface area contributed by atoms with Crippen molar-refractivity contribution in [1.29, 1.82) is 5.26 Å². The topological polar surface area (TPSA) is 87.0 Å². The van der Waals surface area contributed by atoms with Crippen molar-refractivity contribution in [3.05, 3.63) is 23.4 Å². The minimum Gasteiger partial charge on any atom is -0.444 e. The number of carbonyl (C=O) groups is 1. The molecule has 0 spiro atoms. The maximum atomic E-state index is 11.4. The van der Waals surface area contributed by atoms with Crippen LogP contribution in [0.15, 0.2) is 12.3 Å². The number of nitrogens with one attached hydrogen (secondary N) is 2. The smallest absolute Gasteiger partial charge is 0.407 e. The summed E-state index contributed by atoms with van der Waals surface area (Å²) in [7, 11) is 0. The molecule has 21 heavy (non-hydrogen) atoms. The highest BCUT2D eigenvalue weighted by molar-refractivity contribution is 5.67. The van der Waals surface area contributed by atoms with Crippen LogP contribution < -0.4 is 10.6 Å². The lowest BCUT2D eigenvalue weighted by atomic mass is 10.1. The number of nitrogens with zero attached hydrogens (tertiary/aromatic N) is 2. The number of aryl methyl sites for hydroxylation is 1. The molecule has 0 aromatic carbocycles. The molecule has 0 radical (unpaired) electrons. The van der Waals surface area contributed by atoms with E-state index in [0.717, 1.165) is 5.56 Å². The Morgan fingerprint density at radius 1 is 1.43 bits per heavy atom. The van der Waals surface area contributed by atoms with Gasteiger partial charge in [-0.3, -0.25) is 0 Å². The molecule has 2 N–H and O–H groups in total. The van der Waals surface area contributed by atoms with Crippen LogP contribution in [-0.4, -0.2) is 29.8 Å². The molecule has 0 bridgehead atoms. The summed E-state index contributed by atoms with van der Waals surface area (Å²) < 4.78 is 5.13. The normalized spacial score (nSPS) is 10.6. The van der Waals surface area contributed by atoms with Crippen molar-refractivity contribution in [1.82, 2.24) is 10.3 Å². The molecule has 1 rings (SSSR count). The zero-order valence-electron chi connectivity index (χ0n) is 13.0. The first-order valence-electron chi connectivity index (χ1n) is 6.90. The maximum absolute atomic E-state index is 11.4. The Morgan fingerprint density at radius 3 is 2.76 bits per heavy atom. The third kappa shape index (κ3) is 6.13. The Kier molecular flexibility index (Phi) is 5.97. The molecule has 1 aromatic rings. The van der Waals surface area contributed by atoms with E-state index in [9.17, 15) is 4.79 Å². The lowest BCUT2D eigenvalue weighted by Crippen LogP contribution is -2.33. The van der Waals surface area contributed by atoms with Crippen LogP contribution in [0.25, 0.3) is 0 Å². The van der Waals surface area contributed by atoms with Crippen LogP contribution in [0.1, 0.15) is 38.3 Å². The van der Waals surface area contributed by atoms with Crippen molar-refractivity contribution in [3.63, 3.8) is 0 Å². The molecule has 0 aliphatic carbocycles. The van der Waals surface area contributed by atoms with E-state index >= 15 is 0 Å². The van der Waals surface area contributed by atoms with Gasteiger partial charge in [0.25, 0.3) is 0 Å². The molecule has 0 aliphatic rings. The number of pyridine rings is 1. The molecular weight excluding hydrogens is 268 g/mol. The average Bonchev–Trinajstić information content (AvgIpc) is 2.36. The summed E-state index contributed by atoms with van der Waals surface area (Å²) in [6.45, 7) is 8.44. The van der Waals surface area contributed by atoms with Crippen LogP contribution in [0.4, 0.5) is 10.6 Å². The Labute approximate surface area is 125 Å². The second-order valence-electron chi connectivity index (χ2n) is 5.67. The second kappa shape index (κ2) is 7.48. The number of alkyl carbamates (subject to hydrolysis) is 1. The summed E-state index contributed by atoms with van der Waals surface area (Å²) >= 11 is 0. The SMILES string of the molecule is Cc1ccnc(NCCCNC(=O)OC(C)(C)C)c1C#N. The Bertz CT molecular complexity index is 529. The molecule has 1 aromatic heterocycles. The number of rotatable bonds is 5. The van der Waals surface area contributed by atoms with E-state index in [4.69, 9.17) is 10.00 Å². The van der Waals surface area contributed by atoms with E-state index in [1.807, 2.05) is 27.7 Å². The number of nitriles is 1. The fourth-order valence-corrected chi connectivity index (χ4v) is 1.63. The van der Waals surface area contributed by atoms with E-state index in [1.165, 1.54) is 0 Å². The van der Waals surface area contributed by atoms with Gasteiger partial charge in [-0.2, -0.15) is 5.26 Å². The molecule has 6 nitrogen and oxygen atoms in total. The van der Waals surface area contributed by atoms with Crippen LogP contribution in [0.3, 0.4) is 0 Å². The first kappa shape index (κ1) is 16.8. The quantitative estimate of drug-likeness (QED) is 0.814. The predicted octanol–water partition coefficient (Wildman–Crippen LogP) is 2.59. The summed E-state index contributed by atoms with van der Waals surface area (Å²) in [5, 5.41) is 14.9. The van der Waals surface area contributed by atoms with Crippen LogP contribution in [0, 0.1) is 18.3 Å². The standard InChI is InChI=1S/C15H22N4O2/c1-11-6-9-18-13(12(11)10-16)17-7-5-8-19-14(20)21-15(2,3)4/h6,9H,5,7-8H2,1-4H3,(H,17,18)(H,19,20). The zero-order chi connectivity index (χ0) is 15.9. The molecule has 0 fully saturated rings. The summed E-state index contributed by atoms with van der Waals surface area (Å²) in [6, 6.07) is 3.93. The van der Waals surface area contributed by atoms with Crippen molar-refractivity contribution in [2.45, 2.75) is 39.7 Å². The lowest BCUT2D eigenvalue weighted by molar-refractivity contribution is 0.0528. The van der Waals surface area contributed by atoms with Crippen LogP contribution in [-0.2, 0) is 4.74 Å². The van der Waals surface area contributed by atoms with Crippen molar-refractivity contribution < 1.29 is 9.53 Å². The zero-order valence-corrected chi connectivity index (χ0v) is 13.0. The first-order chi connectivity index (χ1) is 9.83. The second-order valence-corrected chi connectivity index (χ2v) is 5.67. The van der Waals surface area contributed by atoms with Gasteiger partial charge in [-0.15, -0.1) is 0 Å². The largest absolute Gasteiger partial charge is 0.444 e. The molecule has 0 saturated heterocycles. The highest BCUT2D eigenvalue weighted by Crippen LogP contribution is 2.14. The molecule has 0 unspecified atom stereocenters. The van der Waals surface area contributed by atoms with E-state index < -0.39 is 11.7 Å². The van der Waals surface area contributed by atoms with Gasteiger partial charge in [0.2, 0.25) is 0 Å². The molecule has 0 saturated carbocycles. The minimum atomic E-state index is -0.491. The third-order valence-electron chi connectivity index (χ3n) is 2.59. The molecule has 114 valence electrons. The Morgan fingerprint density at radius 2 is 2.14 bits per heavy atom. The number of ether oxygens (including phenoxy) is 1. The number of aromatic nitrogens is 1. The third-order valence-corrected chi connectivity index (χ3v) is 2.59. The van der Waals surface area contributed by atoms with Gasteiger partial charge in [0.1, 0.15) is 17.5 Å². The van der Waals surface area contributed by atoms with Gasteiger partial charge in [0.15, 0.2) is 0 Å². The Balaban J connectivity index is 2.31. The molecule has 1 amide bonds. The number of hydrogen-bond acceptors (Lipinski definition) is 5. The summed E-state index contributed by atoms with van der Waals surface area (Å²) in [4.78, 5) is 15.6. The fraction of sp³-hybridized carbons (Fsp3) is 0.533. The summed E-state index contributed by atoms with van der Waals surface area (Å²) in [5.41, 5.74) is 0.953. The minimum absolute atomic E-state index is 0.422. The van der Waals surface area contributed by atoms with E-state index in [-0.39, 0.29) is 0 Å². The highest BCUT2D eigenvalue weighted by atomic mass is 16.6.